The van der Waals surface area contributed by atoms with E-state index in [9.17, 15) is 4.79 Å². The molecular formula is C8H12N2O2S2. The van der Waals surface area contributed by atoms with E-state index in [4.69, 9.17) is 4.74 Å². The molecule has 78 valence electrons. The van der Waals surface area contributed by atoms with Crippen LogP contribution in [0.1, 0.15) is 19.7 Å². The summed E-state index contributed by atoms with van der Waals surface area (Å²) < 4.78 is 9.74. The highest BCUT2D eigenvalue weighted by molar-refractivity contribution is 8.01. The molecule has 6 heteroatoms. The van der Waals surface area contributed by atoms with Crippen LogP contribution in [0.2, 0.25) is 0 Å². The molecule has 1 aromatic rings. The molecule has 1 aromatic heterocycles. The van der Waals surface area contributed by atoms with Gasteiger partial charge in [-0.05, 0) is 18.5 Å². The van der Waals surface area contributed by atoms with Gasteiger partial charge in [0.05, 0.1) is 12.4 Å². The third-order valence-corrected chi connectivity index (χ3v) is 3.23. The average Bonchev–Trinajstić information content (AvgIpc) is 2.63. The molecule has 0 N–H and O–H groups in total. The third kappa shape index (κ3) is 3.63. The summed E-state index contributed by atoms with van der Waals surface area (Å²) in [6, 6.07) is 0. The van der Waals surface area contributed by atoms with Gasteiger partial charge < -0.3 is 4.74 Å². The number of nitrogens with zero attached hydrogens (tertiary/aromatic N) is 2. The van der Waals surface area contributed by atoms with Crippen molar-refractivity contribution in [1.29, 1.82) is 0 Å². The number of hydrogen-bond acceptors (Lipinski definition) is 6. The fourth-order valence-corrected chi connectivity index (χ4v) is 2.26. The Bertz CT molecular complexity index is 301. The predicted molar refractivity (Wildman–Crippen MR) is 56.6 cm³/mol. The van der Waals surface area contributed by atoms with Gasteiger partial charge >= 0.3 is 5.97 Å². The van der Waals surface area contributed by atoms with E-state index in [2.05, 4.69) is 9.36 Å². The molecule has 0 spiro atoms. The maximum Gasteiger partial charge on any atom is 0.316 e. The smallest absolute Gasteiger partial charge is 0.316 e. The summed E-state index contributed by atoms with van der Waals surface area (Å²) in [5.41, 5.74) is 0. The Labute approximate surface area is 91.2 Å². The number of thioether (sulfide) groups is 1. The third-order valence-electron chi connectivity index (χ3n) is 1.38. The molecule has 0 fully saturated rings. The van der Waals surface area contributed by atoms with Crippen molar-refractivity contribution in [3.8, 4) is 0 Å². The molecule has 0 aliphatic heterocycles. The van der Waals surface area contributed by atoms with Gasteiger partial charge in [-0.1, -0.05) is 18.7 Å². The molecule has 0 unspecified atom stereocenters. The van der Waals surface area contributed by atoms with E-state index >= 15 is 0 Å². The first kappa shape index (κ1) is 11.5. The number of ether oxygens (including phenoxy) is 1. The molecule has 14 heavy (non-hydrogen) atoms. The highest BCUT2D eigenvalue weighted by atomic mass is 32.2. The van der Waals surface area contributed by atoms with Crippen molar-refractivity contribution in [3.05, 3.63) is 5.82 Å². The molecule has 0 atom stereocenters. The molecule has 1 rings (SSSR count). The summed E-state index contributed by atoms with van der Waals surface area (Å²) in [6.07, 6.45) is 0.830. The Morgan fingerprint density at radius 2 is 2.36 bits per heavy atom. The summed E-state index contributed by atoms with van der Waals surface area (Å²) >= 11 is 2.70. The second-order valence-corrected chi connectivity index (χ2v) is 4.40. The van der Waals surface area contributed by atoms with E-state index < -0.39 is 0 Å². The molecule has 0 radical (unpaired) electrons. The lowest BCUT2D eigenvalue weighted by Crippen LogP contribution is -2.06. The maximum absolute atomic E-state index is 11.0. The van der Waals surface area contributed by atoms with Crippen molar-refractivity contribution in [2.45, 2.75) is 24.6 Å². The first-order chi connectivity index (χ1) is 6.76. The van der Waals surface area contributed by atoms with Gasteiger partial charge in [0.2, 0.25) is 0 Å². The monoisotopic (exact) mass is 232 g/mol. The predicted octanol–water partition coefficient (Wildman–Crippen LogP) is 1.76. The van der Waals surface area contributed by atoms with Crippen molar-refractivity contribution in [2.24, 2.45) is 0 Å². The SMILES string of the molecule is CCOC(=O)CSc1nc(CC)ns1. The molecule has 0 aromatic carbocycles. The van der Waals surface area contributed by atoms with E-state index in [1.807, 2.05) is 6.92 Å². The molecule has 1 heterocycles. The zero-order chi connectivity index (χ0) is 10.4. The van der Waals surface area contributed by atoms with Crippen molar-refractivity contribution >= 4 is 29.3 Å². The van der Waals surface area contributed by atoms with E-state index in [1.165, 1.54) is 23.3 Å². The van der Waals surface area contributed by atoms with Gasteiger partial charge in [-0.15, -0.1) is 0 Å². The van der Waals surface area contributed by atoms with Gasteiger partial charge in [0, 0.05) is 6.42 Å². The second kappa shape index (κ2) is 5.98. The van der Waals surface area contributed by atoms with E-state index in [0.717, 1.165) is 16.6 Å². The van der Waals surface area contributed by atoms with Crippen LogP contribution in [0.15, 0.2) is 4.34 Å². The average molecular weight is 232 g/mol. The number of carbonyl (C=O) groups is 1. The lowest BCUT2D eigenvalue weighted by molar-refractivity contribution is -0.139. The molecule has 4 nitrogen and oxygen atoms in total. The molecule has 0 saturated heterocycles. The Balaban J connectivity index is 2.34. The standard InChI is InChI=1S/C8H12N2O2S2/c1-3-6-9-8(14-10-6)13-5-7(11)12-4-2/h3-5H2,1-2H3. The summed E-state index contributed by atoms with van der Waals surface area (Å²) in [6.45, 7) is 4.22. The molecule has 0 aliphatic carbocycles. The minimum atomic E-state index is -0.203. The number of esters is 1. The van der Waals surface area contributed by atoms with Crippen LogP contribution >= 0.6 is 23.3 Å². The number of aryl methyl sites for hydroxylation is 1. The van der Waals surface area contributed by atoms with Gasteiger partial charge in [-0.25, -0.2) is 4.98 Å². The fraction of sp³-hybridized carbons (Fsp3) is 0.625. The van der Waals surface area contributed by atoms with Crippen molar-refractivity contribution in [2.75, 3.05) is 12.4 Å². The molecular weight excluding hydrogens is 220 g/mol. The summed E-state index contributed by atoms with van der Waals surface area (Å²) in [5.74, 6) is 0.943. The van der Waals surface area contributed by atoms with E-state index in [-0.39, 0.29) is 5.97 Å². The first-order valence-corrected chi connectivity index (χ1v) is 6.13. The van der Waals surface area contributed by atoms with Crippen LogP contribution in [0.5, 0.6) is 0 Å². The molecule has 0 amide bonds. The fourth-order valence-electron chi connectivity index (χ4n) is 0.763. The molecule has 0 saturated carbocycles. The highest BCUT2D eigenvalue weighted by Gasteiger charge is 2.07. The highest BCUT2D eigenvalue weighted by Crippen LogP contribution is 2.20. The lowest BCUT2D eigenvalue weighted by atomic mass is 10.5. The number of rotatable bonds is 5. The first-order valence-electron chi connectivity index (χ1n) is 4.37. The number of aromatic nitrogens is 2. The van der Waals surface area contributed by atoms with Crippen LogP contribution in [-0.2, 0) is 16.0 Å². The van der Waals surface area contributed by atoms with Crippen molar-refractivity contribution in [3.63, 3.8) is 0 Å². The van der Waals surface area contributed by atoms with Gasteiger partial charge in [0.1, 0.15) is 5.82 Å². The second-order valence-electron chi connectivity index (χ2n) is 2.42. The summed E-state index contributed by atoms with van der Waals surface area (Å²) in [5, 5.41) is 0. The molecule has 0 bridgehead atoms. The Kier molecular flexibility index (Phi) is 4.89. The lowest BCUT2D eigenvalue weighted by Gasteiger charge is -1.97. The zero-order valence-corrected chi connectivity index (χ0v) is 9.78. The van der Waals surface area contributed by atoms with Crippen LogP contribution in [-0.4, -0.2) is 27.7 Å². The minimum Gasteiger partial charge on any atom is -0.465 e. The van der Waals surface area contributed by atoms with Gasteiger partial charge in [-0.2, -0.15) is 4.37 Å². The summed E-state index contributed by atoms with van der Waals surface area (Å²) in [4.78, 5) is 15.2. The number of hydrogen-bond donors (Lipinski definition) is 0. The van der Waals surface area contributed by atoms with E-state index in [1.54, 1.807) is 6.92 Å². The Morgan fingerprint density at radius 3 is 2.93 bits per heavy atom. The minimum absolute atomic E-state index is 0.203. The zero-order valence-electron chi connectivity index (χ0n) is 8.15. The quantitative estimate of drug-likeness (QED) is 0.572. The van der Waals surface area contributed by atoms with Gasteiger partial charge in [0.15, 0.2) is 4.34 Å². The number of carbonyl (C=O) groups excluding carboxylic acids is 1. The van der Waals surface area contributed by atoms with Gasteiger partial charge in [-0.3, -0.25) is 4.79 Å². The van der Waals surface area contributed by atoms with Crippen LogP contribution in [0, 0.1) is 0 Å². The van der Waals surface area contributed by atoms with Crippen molar-refractivity contribution < 1.29 is 9.53 Å². The van der Waals surface area contributed by atoms with Crippen LogP contribution < -0.4 is 0 Å². The van der Waals surface area contributed by atoms with Crippen LogP contribution in [0.3, 0.4) is 0 Å². The topological polar surface area (TPSA) is 52.1 Å². The van der Waals surface area contributed by atoms with Crippen LogP contribution in [0.4, 0.5) is 0 Å². The van der Waals surface area contributed by atoms with E-state index in [0.29, 0.717) is 12.4 Å². The largest absolute Gasteiger partial charge is 0.465 e. The van der Waals surface area contributed by atoms with Gasteiger partial charge in [0.25, 0.3) is 0 Å². The molecule has 0 aliphatic rings. The normalized spacial score (nSPS) is 10.1. The maximum atomic E-state index is 11.0. The Hall–Kier alpha value is -0.620. The Morgan fingerprint density at radius 1 is 1.57 bits per heavy atom. The van der Waals surface area contributed by atoms with Crippen LogP contribution in [0.25, 0.3) is 0 Å². The van der Waals surface area contributed by atoms with Crippen molar-refractivity contribution in [1.82, 2.24) is 9.36 Å². The summed E-state index contributed by atoms with van der Waals surface area (Å²) in [7, 11) is 0.